The molecule has 0 aliphatic carbocycles. The average molecular weight is 441 g/mol. The molecule has 0 amide bonds. The molecule has 0 spiro atoms. The van der Waals surface area contributed by atoms with Crippen molar-refractivity contribution in [3.63, 3.8) is 0 Å². The molecule has 0 saturated carbocycles. The molecule has 1 fully saturated rings. The van der Waals surface area contributed by atoms with Crippen molar-refractivity contribution in [3.8, 4) is 0 Å². The first-order valence-corrected chi connectivity index (χ1v) is 12.0. The van der Waals surface area contributed by atoms with E-state index in [9.17, 15) is 0 Å². The van der Waals surface area contributed by atoms with Crippen molar-refractivity contribution in [1.82, 2.24) is 4.90 Å². The van der Waals surface area contributed by atoms with Crippen LogP contribution in [0.4, 0.5) is 0 Å². The van der Waals surface area contributed by atoms with E-state index in [0.717, 1.165) is 13.1 Å². The second kappa shape index (κ2) is 9.84. The molecule has 1 heterocycles. The summed E-state index contributed by atoms with van der Waals surface area (Å²) < 4.78 is 13.1. The Morgan fingerprint density at radius 2 is 1.06 bits per heavy atom. The number of rotatable bonds is 8. The van der Waals surface area contributed by atoms with Gasteiger partial charge in [-0.1, -0.05) is 97.9 Å². The Bertz CT molecular complexity index is 950. The molecule has 0 unspecified atom stereocenters. The number of nitrogens with zero attached hydrogens (tertiary/aromatic N) is 1. The Labute approximate surface area is 199 Å². The van der Waals surface area contributed by atoms with Gasteiger partial charge in [0.2, 0.25) is 0 Å². The lowest BCUT2D eigenvalue weighted by atomic mass is 9.66. The average Bonchev–Trinajstić information content (AvgIpc) is 3.03. The van der Waals surface area contributed by atoms with Crippen LogP contribution >= 0.6 is 0 Å². The number of hydrogen-bond donors (Lipinski definition) is 0. The van der Waals surface area contributed by atoms with Crippen LogP contribution < -0.4 is 0 Å². The fraction of sp³-hybridized carbons (Fsp3) is 0.379. The summed E-state index contributed by atoms with van der Waals surface area (Å²) >= 11 is 0. The summed E-state index contributed by atoms with van der Waals surface area (Å²) in [7, 11) is -0.283. The van der Waals surface area contributed by atoms with Crippen LogP contribution in [0.1, 0.15) is 57.4 Å². The van der Waals surface area contributed by atoms with Gasteiger partial charge in [0.15, 0.2) is 0 Å². The van der Waals surface area contributed by atoms with E-state index in [2.05, 4.69) is 131 Å². The summed E-state index contributed by atoms with van der Waals surface area (Å²) in [5.74, 6) is 0.126. The molecule has 4 heteroatoms. The van der Waals surface area contributed by atoms with Crippen molar-refractivity contribution in [3.05, 3.63) is 108 Å². The van der Waals surface area contributed by atoms with Crippen LogP contribution in [0.15, 0.2) is 91.0 Å². The topological polar surface area (TPSA) is 21.7 Å². The minimum atomic E-state index is -0.350. The van der Waals surface area contributed by atoms with Crippen LogP contribution in [-0.4, -0.2) is 23.2 Å². The molecule has 4 rings (SSSR count). The Hall–Kier alpha value is -2.40. The van der Waals surface area contributed by atoms with Gasteiger partial charge in [0.05, 0.1) is 11.2 Å². The third-order valence-corrected chi connectivity index (χ3v) is 7.19. The van der Waals surface area contributed by atoms with Crippen LogP contribution in [-0.2, 0) is 22.4 Å². The number of hydrogen-bond acceptors (Lipinski definition) is 3. The maximum atomic E-state index is 6.53. The molecular weight excluding hydrogens is 405 g/mol. The molecule has 0 bridgehead atoms. The summed E-state index contributed by atoms with van der Waals surface area (Å²) in [5, 5.41) is 0. The molecule has 0 N–H and O–H groups in total. The maximum absolute atomic E-state index is 6.53. The lowest BCUT2D eigenvalue weighted by molar-refractivity contribution is 0.00578. The van der Waals surface area contributed by atoms with E-state index in [4.69, 9.17) is 9.31 Å². The molecule has 172 valence electrons. The summed E-state index contributed by atoms with van der Waals surface area (Å²) in [6, 6.07) is 32.4. The fourth-order valence-electron chi connectivity index (χ4n) is 4.64. The quantitative estimate of drug-likeness (QED) is 0.355. The Morgan fingerprint density at radius 3 is 1.48 bits per heavy atom. The van der Waals surface area contributed by atoms with Crippen molar-refractivity contribution < 1.29 is 9.31 Å². The molecule has 2 atom stereocenters. The number of benzene rings is 3. The molecule has 0 aromatic heterocycles. The highest BCUT2D eigenvalue weighted by atomic mass is 16.7. The van der Waals surface area contributed by atoms with Crippen molar-refractivity contribution in [2.45, 2.75) is 70.8 Å². The van der Waals surface area contributed by atoms with Gasteiger partial charge in [-0.05, 0) is 44.4 Å². The van der Waals surface area contributed by atoms with Gasteiger partial charge < -0.3 is 9.31 Å². The zero-order valence-corrected chi connectivity index (χ0v) is 20.6. The highest BCUT2D eigenvalue weighted by Gasteiger charge is 2.54. The van der Waals surface area contributed by atoms with Gasteiger partial charge in [0.1, 0.15) is 0 Å². The van der Waals surface area contributed by atoms with Gasteiger partial charge in [-0.25, -0.2) is 0 Å². The molecule has 33 heavy (non-hydrogen) atoms. The summed E-state index contributed by atoms with van der Waals surface area (Å²) in [4.78, 5) is 2.57. The van der Waals surface area contributed by atoms with Crippen molar-refractivity contribution in [2.75, 3.05) is 0 Å². The van der Waals surface area contributed by atoms with Crippen LogP contribution in [0.25, 0.3) is 0 Å². The van der Waals surface area contributed by atoms with E-state index in [-0.39, 0.29) is 30.2 Å². The predicted octanol–water partition coefficient (Wildman–Crippen LogP) is 6.91. The van der Waals surface area contributed by atoms with Crippen molar-refractivity contribution in [1.29, 1.82) is 0 Å². The molecule has 1 aliphatic heterocycles. The first-order valence-electron chi connectivity index (χ1n) is 12.0. The van der Waals surface area contributed by atoms with Gasteiger partial charge in [0, 0.05) is 24.9 Å². The van der Waals surface area contributed by atoms with Crippen LogP contribution in [0.2, 0.25) is 5.82 Å². The summed E-state index contributed by atoms with van der Waals surface area (Å²) in [5.41, 5.74) is 3.19. The first kappa shape index (κ1) is 23.8. The molecule has 1 saturated heterocycles. The molecule has 3 nitrogen and oxygen atoms in total. The minimum Gasteiger partial charge on any atom is -0.403 e. The standard InChI is InChI=1S/C29H36BNO2/c1-23(30-32-28(2,3)29(4,5)33-30)27(26-19-13-8-14-20-26)31(21-24-15-9-6-10-16-24)22-25-17-11-7-12-18-25/h6-20,23,27H,21-22H2,1-5H3/t23-,27-/m0/s1. The van der Waals surface area contributed by atoms with E-state index >= 15 is 0 Å². The highest BCUT2D eigenvalue weighted by Crippen LogP contribution is 2.45. The third kappa shape index (κ3) is 5.41. The van der Waals surface area contributed by atoms with E-state index in [1.807, 2.05) is 0 Å². The van der Waals surface area contributed by atoms with E-state index in [1.54, 1.807) is 0 Å². The SMILES string of the molecule is C[C@H](B1OC(C)(C)C(C)(C)O1)[C@@H](c1ccccc1)N(Cc1ccccc1)Cc1ccccc1. The maximum Gasteiger partial charge on any atom is 0.462 e. The van der Waals surface area contributed by atoms with Gasteiger partial charge in [0.25, 0.3) is 0 Å². The molecular formula is C29H36BNO2. The van der Waals surface area contributed by atoms with Crippen LogP contribution in [0, 0.1) is 0 Å². The summed E-state index contributed by atoms with van der Waals surface area (Å²) in [6.07, 6.45) is 0. The Morgan fingerprint density at radius 1 is 0.667 bits per heavy atom. The Balaban J connectivity index is 1.72. The zero-order chi connectivity index (χ0) is 23.5. The minimum absolute atomic E-state index is 0.126. The first-order chi connectivity index (χ1) is 15.8. The smallest absolute Gasteiger partial charge is 0.403 e. The van der Waals surface area contributed by atoms with Gasteiger partial charge in [-0.15, -0.1) is 0 Å². The fourth-order valence-corrected chi connectivity index (χ4v) is 4.64. The van der Waals surface area contributed by atoms with Crippen molar-refractivity contribution >= 4 is 7.12 Å². The zero-order valence-electron chi connectivity index (χ0n) is 20.6. The van der Waals surface area contributed by atoms with E-state index in [0.29, 0.717) is 0 Å². The van der Waals surface area contributed by atoms with E-state index in [1.165, 1.54) is 16.7 Å². The largest absolute Gasteiger partial charge is 0.462 e. The van der Waals surface area contributed by atoms with Crippen molar-refractivity contribution in [2.24, 2.45) is 0 Å². The normalized spacial score (nSPS) is 18.9. The Kier molecular flexibility index (Phi) is 7.09. The third-order valence-electron chi connectivity index (χ3n) is 7.19. The van der Waals surface area contributed by atoms with Gasteiger partial charge >= 0.3 is 7.12 Å². The van der Waals surface area contributed by atoms with Gasteiger partial charge in [-0.3, -0.25) is 4.90 Å². The lowest BCUT2D eigenvalue weighted by Crippen LogP contribution is -2.41. The predicted molar refractivity (Wildman–Crippen MR) is 137 cm³/mol. The molecule has 1 aliphatic rings. The highest BCUT2D eigenvalue weighted by molar-refractivity contribution is 6.47. The molecule has 3 aromatic rings. The van der Waals surface area contributed by atoms with Crippen LogP contribution in [0.5, 0.6) is 0 Å². The van der Waals surface area contributed by atoms with E-state index < -0.39 is 0 Å². The second-order valence-electron chi connectivity index (χ2n) is 10.2. The van der Waals surface area contributed by atoms with Gasteiger partial charge in [-0.2, -0.15) is 0 Å². The van der Waals surface area contributed by atoms with Crippen LogP contribution in [0.3, 0.4) is 0 Å². The molecule has 3 aromatic carbocycles. The molecule has 0 radical (unpaired) electrons. The second-order valence-corrected chi connectivity index (χ2v) is 10.2. The lowest BCUT2D eigenvalue weighted by Gasteiger charge is -2.37. The monoisotopic (exact) mass is 441 g/mol. The summed E-state index contributed by atoms with van der Waals surface area (Å²) in [6.45, 7) is 12.5.